The monoisotopic (exact) mass is 597 g/mol. The number of carbonyl (C=O) groups excluding carboxylic acids is 2. The summed E-state index contributed by atoms with van der Waals surface area (Å²) in [6.07, 6.45) is 3.00. The molecule has 12 heteroatoms. The summed E-state index contributed by atoms with van der Waals surface area (Å²) in [6, 6.07) is 16.1. The van der Waals surface area contributed by atoms with Crippen molar-refractivity contribution in [3.8, 4) is 5.75 Å². The second-order valence-corrected chi connectivity index (χ2v) is 8.80. The van der Waals surface area contributed by atoms with Gasteiger partial charge in [-0.05, 0) is 50.4 Å². The molecule has 2 aromatic heterocycles. The summed E-state index contributed by atoms with van der Waals surface area (Å²) < 4.78 is 8.05. The Balaban J connectivity index is 0.00000253. The zero-order valence-corrected chi connectivity index (χ0v) is 23.7. The first-order chi connectivity index (χ1) is 17.4. The molecule has 202 valence electrons. The normalized spacial score (nSPS) is 11.2. The van der Waals surface area contributed by atoms with Gasteiger partial charge in [0.05, 0.1) is 28.8 Å². The van der Waals surface area contributed by atoms with Gasteiger partial charge in [-0.2, -0.15) is 0 Å². The summed E-state index contributed by atoms with van der Waals surface area (Å²) in [6.45, 7) is 1.71. The Bertz CT molecular complexity index is 1400. The van der Waals surface area contributed by atoms with Gasteiger partial charge in [0.15, 0.2) is 23.4 Å². The second-order valence-electron chi connectivity index (χ2n) is 8.01. The van der Waals surface area contributed by atoms with E-state index in [1.54, 1.807) is 19.2 Å². The van der Waals surface area contributed by atoms with Gasteiger partial charge in [0.25, 0.3) is 0 Å². The van der Waals surface area contributed by atoms with Crippen LogP contribution in [0.3, 0.4) is 0 Å². The van der Waals surface area contributed by atoms with Gasteiger partial charge in [-0.3, -0.25) is 14.9 Å². The number of halogens is 4. The molecule has 2 aromatic carbocycles. The number of nitrogens with one attached hydrogen (secondary N) is 3. The predicted octanol–water partition coefficient (Wildman–Crippen LogP) is 5.50. The third-order valence-corrected chi connectivity index (χ3v) is 6.17. The molecule has 0 spiro atoms. The van der Waals surface area contributed by atoms with Gasteiger partial charge in [0.2, 0.25) is 5.91 Å². The van der Waals surface area contributed by atoms with Crippen LogP contribution in [0.25, 0.3) is 5.65 Å². The molecule has 0 saturated carbocycles. The predicted molar refractivity (Wildman–Crippen MR) is 156 cm³/mol. The molecular formula is C26H27Cl4N5O3. The number of imidazole rings is 1. The van der Waals surface area contributed by atoms with E-state index in [0.29, 0.717) is 22.0 Å². The first-order valence-corrected chi connectivity index (χ1v) is 12.0. The highest BCUT2D eigenvalue weighted by atomic mass is 35.5. The van der Waals surface area contributed by atoms with E-state index in [9.17, 15) is 9.59 Å². The van der Waals surface area contributed by atoms with Crippen LogP contribution in [0.5, 0.6) is 5.75 Å². The van der Waals surface area contributed by atoms with E-state index in [-0.39, 0.29) is 60.2 Å². The van der Waals surface area contributed by atoms with Gasteiger partial charge in [-0.25, -0.2) is 4.98 Å². The van der Waals surface area contributed by atoms with Crippen LogP contribution in [-0.2, 0) is 4.79 Å². The van der Waals surface area contributed by atoms with Gasteiger partial charge in [0, 0.05) is 29.2 Å². The van der Waals surface area contributed by atoms with E-state index < -0.39 is 6.23 Å². The Kier molecular flexibility index (Phi) is 11.7. The molecule has 38 heavy (non-hydrogen) atoms. The Hall–Kier alpha value is -3.01. The van der Waals surface area contributed by atoms with Crippen LogP contribution in [0.2, 0.25) is 10.0 Å². The number of ether oxygens (including phenoxy) is 1. The first-order valence-electron chi connectivity index (χ1n) is 11.2. The second kappa shape index (κ2) is 14.2. The highest BCUT2D eigenvalue weighted by Gasteiger charge is 2.24. The molecule has 0 aliphatic rings. The number of anilines is 1. The van der Waals surface area contributed by atoms with Crippen molar-refractivity contribution in [2.24, 2.45) is 0 Å². The van der Waals surface area contributed by atoms with E-state index in [1.807, 2.05) is 60.1 Å². The number of amides is 1. The van der Waals surface area contributed by atoms with Gasteiger partial charge < -0.3 is 19.8 Å². The summed E-state index contributed by atoms with van der Waals surface area (Å²) >= 11 is 13.1. The summed E-state index contributed by atoms with van der Waals surface area (Å²) in [4.78, 5) is 29.6. The highest BCUT2D eigenvalue weighted by Crippen LogP contribution is 2.35. The number of Topliss-reactive ketones (excluding diaryl/α,β-unsaturated/α-hetero) is 1. The Morgan fingerprint density at radius 3 is 2.47 bits per heavy atom. The molecule has 3 N–H and O–H groups in total. The fourth-order valence-corrected chi connectivity index (χ4v) is 4.37. The van der Waals surface area contributed by atoms with Crippen LogP contribution in [0, 0.1) is 6.92 Å². The van der Waals surface area contributed by atoms with Gasteiger partial charge >= 0.3 is 0 Å². The molecule has 0 radical (unpaired) electrons. The fourth-order valence-electron chi connectivity index (χ4n) is 3.69. The molecule has 0 bridgehead atoms. The topological polar surface area (TPSA) is 96.8 Å². The molecule has 4 rings (SSSR count). The van der Waals surface area contributed by atoms with Crippen molar-refractivity contribution in [1.29, 1.82) is 0 Å². The number of fused-ring (bicyclic) bond motifs is 1. The van der Waals surface area contributed by atoms with Crippen molar-refractivity contribution in [3.05, 3.63) is 93.9 Å². The van der Waals surface area contributed by atoms with E-state index in [4.69, 9.17) is 27.9 Å². The average molecular weight is 599 g/mol. The van der Waals surface area contributed by atoms with Gasteiger partial charge in [0.1, 0.15) is 0 Å². The minimum absolute atomic E-state index is 0. The van der Waals surface area contributed by atoms with Gasteiger partial charge in [-0.15, -0.1) is 24.8 Å². The van der Waals surface area contributed by atoms with Crippen LogP contribution in [-0.4, -0.2) is 41.2 Å². The lowest BCUT2D eigenvalue weighted by Gasteiger charge is -2.22. The number of aryl methyl sites for hydroxylation is 1. The molecule has 1 unspecified atom stereocenters. The molecule has 8 nitrogen and oxygen atoms in total. The maximum Gasteiger partial charge on any atom is 0.239 e. The number of benzene rings is 2. The SMILES string of the molecule is CNC(Oc1cccn2cc(C)nc12)c1c(Cl)ccc(C(=O)CNC(=O)CNc2ccccc2)c1Cl.Cl.Cl. The number of aromatic nitrogens is 2. The minimum atomic E-state index is -0.759. The van der Waals surface area contributed by atoms with Crippen molar-refractivity contribution in [3.63, 3.8) is 0 Å². The lowest BCUT2D eigenvalue weighted by atomic mass is 10.1. The smallest absolute Gasteiger partial charge is 0.239 e. The molecule has 1 atom stereocenters. The van der Waals surface area contributed by atoms with Crippen LogP contribution < -0.4 is 20.7 Å². The number of carbonyl (C=O) groups is 2. The molecule has 0 saturated heterocycles. The number of rotatable bonds is 10. The number of pyridine rings is 1. The van der Waals surface area contributed by atoms with Crippen molar-refractivity contribution < 1.29 is 14.3 Å². The third kappa shape index (κ3) is 7.30. The largest absolute Gasteiger partial charge is 0.467 e. The van der Waals surface area contributed by atoms with Crippen LogP contribution in [0.1, 0.15) is 27.8 Å². The molecule has 0 fully saturated rings. The number of hydrogen-bond donors (Lipinski definition) is 3. The standard InChI is InChI=1S/C26H25Cl2N5O3.2ClH/c1-16-15-33-12-6-9-21(25(33)32-16)36-26(29-2)23-19(27)11-10-18(24(23)28)20(34)13-31-22(35)14-30-17-7-4-3-5-8-17;;/h3-12,15,26,29-30H,13-14H2,1-2H3,(H,31,35);2*1H. The number of ketones is 1. The Labute approximate surface area is 242 Å². The fraction of sp³-hybridized carbons (Fsp3) is 0.192. The lowest BCUT2D eigenvalue weighted by Crippen LogP contribution is -2.34. The lowest BCUT2D eigenvalue weighted by molar-refractivity contribution is -0.119. The average Bonchev–Trinajstić information content (AvgIpc) is 3.27. The van der Waals surface area contributed by atoms with E-state index in [0.717, 1.165) is 11.4 Å². The minimum Gasteiger partial charge on any atom is -0.467 e. The zero-order valence-electron chi connectivity index (χ0n) is 20.5. The maximum absolute atomic E-state index is 12.9. The number of hydrogen-bond acceptors (Lipinski definition) is 6. The molecular weight excluding hydrogens is 572 g/mol. The Morgan fingerprint density at radius 1 is 1.03 bits per heavy atom. The highest BCUT2D eigenvalue weighted by molar-refractivity contribution is 6.38. The number of nitrogens with zero attached hydrogens (tertiary/aromatic N) is 2. The summed E-state index contributed by atoms with van der Waals surface area (Å²) in [7, 11) is 1.70. The van der Waals surface area contributed by atoms with Crippen molar-refractivity contribution in [1.82, 2.24) is 20.0 Å². The molecule has 2 heterocycles. The zero-order chi connectivity index (χ0) is 25.7. The van der Waals surface area contributed by atoms with Gasteiger partial charge in [-0.1, -0.05) is 41.4 Å². The molecule has 0 aliphatic carbocycles. The van der Waals surface area contributed by atoms with Crippen molar-refractivity contribution in [2.45, 2.75) is 13.2 Å². The first kappa shape index (κ1) is 31.2. The molecule has 4 aromatic rings. The summed E-state index contributed by atoms with van der Waals surface area (Å²) in [5.74, 6) is -0.157. The van der Waals surface area contributed by atoms with Crippen LogP contribution in [0.15, 0.2) is 67.0 Å². The van der Waals surface area contributed by atoms with Crippen molar-refractivity contribution >= 4 is 71.0 Å². The van der Waals surface area contributed by atoms with Crippen molar-refractivity contribution in [2.75, 3.05) is 25.5 Å². The van der Waals surface area contributed by atoms with Crippen LogP contribution >= 0.6 is 48.0 Å². The van der Waals surface area contributed by atoms with Crippen LogP contribution in [0.4, 0.5) is 5.69 Å². The number of para-hydroxylation sites is 1. The molecule has 1 amide bonds. The Morgan fingerprint density at radius 2 is 1.76 bits per heavy atom. The third-order valence-electron chi connectivity index (χ3n) is 5.44. The quantitative estimate of drug-likeness (QED) is 0.165. The molecule has 0 aliphatic heterocycles. The maximum atomic E-state index is 12.9. The van der Waals surface area contributed by atoms with E-state index in [2.05, 4.69) is 20.9 Å². The summed E-state index contributed by atoms with van der Waals surface area (Å²) in [5.41, 5.74) is 2.93. The van der Waals surface area contributed by atoms with E-state index in [1.165, 1.54) is 6.07 Å². The van der Waals surface area contributed by atoms with E-state index >= 15 is 0 Å². The summed E-state index contributed by atoms with van der Waals surface area (Å²) in [5, 5.41) is 9.15.